The van der Waals surface area contributed by atoms with E-state index in [1.807, 2.05) is 11.3 Å². The van der Waals surface area contributed by atoms with Crippen molar-refractivity contribution in [2.24, 2.45) is 5.73 Å². The van der Waals surface area contributed by atoms with Crippen molar-refractivity contribution in [2.45, 2.75) is 25.7 Å². The zero-order valence-corrected chi connectivity index (χ0v) is 11.3. The van der Waals surface area contributed by atoms with Crippen LogP contribution in [0.25, 0.3) is 10.4 Å². The van der Waals surface area contributed by atoms with Gasteiger partial charge in [-0.05, 0) is 30.7 Å². The molecule has 0 saturated carbocycles. The van der Waals surface area contributed by atoms with Crippen LogP contribution in [0.1, 0.15) is 25.1 Å². The molecular weight excluding hydrogens is 226 g/mol. The lowest BCUT2D eigenvalue weighted by molar-refractivity contribution is 0.497. The fourth-order valence-corrected chi connectivity index (χ4v) is 3.08. The van der Waals surface area contributed by atoms with E-state index in [1.54, 1.807) is 0 Å². The quantitative estimate of drug-likeness (QED) is 0.864. The third-order valence-corrected chi connectivity index (χ3v) is 4.60. The van der Waals surface area contributed by atoms with E-state index < -0.39 is 0 Å². The molecule has 17 heavy (non-hydrogen) atoms. The third kappa shape index (κ3) is 2.76. The van der Waals surface area contributed by atoms with E-state index >= 15 is 0 Å². The maximum absolute atomic E-state index is 5.67. The molecule has 0 aliphatic carbocycles. The maximum Gasteiger partial charge on any atom is 0.0345 e. The molecule has 1 aromatic carbocycles. The van der Waals surface area contributed by atoms with Gasteiger partial charge in [0.25, 0.3) is 0 Å². The summed E-state index contributed by atoms with van der Waals surface area (Å²) in [7, 11) is 0. The summed E-state index contributed by atoms with van der Waals surface area (Å²) >= 11 is 1.88. The van der Waals surface area contributed by atoms with Crippen molar-refractivity contribution >= 4 is 11.3 Å². The topological polar surface area (TPSA) is 26.0 Å². The minimum atomic E-state index is 0.187. The Balaban J connectivity index is 2.28. The highest BCUT2D eigenvalue weighted by Gasteiger charge is 2.21. The Hall–Kier alpha value is -1.12. The van der Waals surface area contributed by atoms with Gasteiger partial charge in [-0.1, -0.05) is 44.2 Å². The summed E-state index contributed by atoms with van der Waals surface area (Å²) in [4.78, 5) is 2.76. The predicted molar refractivity (Wildman–Crippen MR) is 76.5 cm³/mol. The number of benzene rings is 1. The lowest BCUT2D eigenvalue weighted by Gasteiger charge is -2.22. The first-order chi connectivity index (χ1) is 8.13. The molecule has 90 valence electrons. The summed E-state index contributed by atoms with van der Waals surface area (Å²) < 4.78 is 0. The van der Waals surface area contributed by atoms with Crippen molar-refractivity contribution < 1.29 is 0 Å². The van der Waals surface area contributed by atoms with Crippen LogP contribution in [-0.2, 0) is 5.41 Å². The normalized spacial score (nSPS) is 11.7. The van der Waals surface area contributed by atoms with Crippen molar-refractivity contribution in [3.8, 4) is 10.4 Å². The SMILES string of the molecule is CC(C)(CCN)c1ccc(-c2ccccc2)s1. The van der Waals surface area contributed by atoms with Gasteiger partial charge in [0.05, 0.1) is 0 Å². The molecule has 2 heteroatoms. The van der Waals surface area contributed by atoms with Crippen LogP contribution in [0.5, 0.6) is 0 Å². The van der Waals surface area contributed by atoms with Gasteiger partial charge in [-0.15, -0.1) is 11.3 Å². The number of rotatable bonds is 4. The highest BCUT2D eigenvalue weighted by Crippen LogP contribution is 2.36. The Morgan fingerprint density at radius 3 is 2.41 bits per heavy atom. The largest absolute Gasteiger partial charge is 0.330 e. The minimum absolute atomic E-state index is 0.187. The van der Waals surface area contributed by atoms with Crippen LogP contribution in [-0.4, -0.2) is 6.54 Å². The van der Waals surface area contributed by atoms with Crippen LogP contribution in [0.2, 0.25) is 0 Å². The third-order valence-electron chi connectivity index (χ3n) is 3.10. The maximum atomic E-state index is 5.67. The van der Waals surface area contributed by atoms with Gasteiger partial charge in [0.2, 0.25) is 0 Å². The summed E-state index contributed by atoms with van der Waals surface area (Å²) in [6.45, 7) is 5.27. The van der Waals surface area contributed by atoms with Gasteiger partial charge in [-0.3, -0.25) is 0 Å². The Morgan fingerprint density at radius 2 is 1.76 bits per heavy atom. The number of nitrogens with two attached hydrogens (primary N) is 1. The molecule has 0 fully saturated rings. The molecule has 2 aromatic rings. The standard InChI is InChI=1S/C15H19NS/c1-15(2,10-11-16)14-9-8-13(17-14)12-6-4-3-5-7-12/h3-9H,10-11,16H2,1-2H3. The van der Waals surface area contributed by atoms with Gasteiger partial charge < -0.3 is 5.73 Å². The molecule has 0 unspecified atom stereocenters. The molecule has 1 heterocycles. The van der Waals surface area contributed by atoms with Crippen LogP contribution >= 0.6 is 11.3 Å². The van der Waals surface area contributed by atoms with Crippen LogP contribution in [0.15, 0.2) is 42.5 Å². The highest BCUT2D eigenvalue weighted by atomic mass is 32.1. The molecule has 1 nitrogen and oxygen atoms in total. The number of thiophene rings is 1. The van der Waals surface area contributed by atoms with Crippen LogP contribution < -0.4 is 5.73 Å². The van der Waals surface area contributed by atoms with Crippen LogP contribution in [0.3, 0.4) is 0 Å². The van der Waals surface area contributed by atoms with Crippen LogP contribution in [0, 0.1) is 0 Å². The van der Waals surface area contributed by atoms with Gasteiger partial charge in [0.1, 0.15) is 0 Å². The van der Waals surface area contributed by atoms with E-state index in [-0.39, 0.29) is 5.41 Å². The van der Waals surface area contributed by atoms with Gasteiger partial charge in [0, 0.05) is 15.2 Å². The molecule has 0 amide bonds. The van der Waals surface area contributed by atoms with Gasteiger partial charge in [0.15, 0.2) is 0 Å². The average molecular weight is 245 g/mol. The van der Waals surface area contributed by atoms with Crippen molar-refractivity contribution in [1.82, 2.24) is 0 Å². The highest BCUT2D eigenvalue weighted by molar-refractivity contribution is 7.15. The molecule has 0 aliphatic rings. The lowest BCUT2D eigenvalue weighted by Crippen LogP contribution is -2.20. The Labute approximate surface area is 107 Å². The Bertz CT molecular complexity index is 471. The molecular formula is C15H19NS. The molecule has 0 atom stereocenters. The Morgan fingerprint density at radius 1 is 1.06 bits per heavy atom. The smallest absolute Gasteiger partial charge is 0.0345 e. The monoisotopic (exact) mass is 245 g/mol. The van der Waals surface area contributed by atoms with Gasteiger partial charge in [-0.2, -0.15) is 0 Å². The zero-order valence-electron chi connectivity index (χ0n) is 10.4. The van der Waals surface area contributed by atoms with E-state index in [9.17, 15) is 0 Å². The van der Waals surface area contributed by atoms with E-state index in [1.165, 1.54) is 15.3 Å². The molecule has 2 N–H and O–H groups in total. The Kier molecular flexibility index (Phi) is 3.65. The molecule has 2 rings (SSSR count). The fraction of sp³-hybridized carbons (Fsp3) is 0.333. The van der Waals surface area contributed by atoms with Gasteiger partial charge in [-0.25, -0.2) is 0 Å². The van der Waals surface area contributed by atoms with Gasteiger partial charge >= 0.3 is 0 Å². The minimum Gasteiger partial charge on any atom is -0.330 e. The van der Waals surface area contributed by atoms with Crippen molar-refractivity contribution in [3.05, 3.63) is 47.3 Å². The predicted octanol–water partition coefficient (Wildman–Crippen LogP) is 4.04. The number of hydrogen-bond donors (Lipinski definition) is 1. The molecule has 0 bridgehead atoms. The van der Waals surface area contributed by atoms with Crippen molar-refractivity contribution in [3.63, 3.8) is 0 Å². The fourth-order valence-electron chi connectivity index (χ4n) is 1.94. The van der Waals surface area contributed by atoms with Crippen LogP contribution in [0.4, 0.5) is 0 Å². The average Bonchev–Trinajstić information content (AvgIpc) is 2.80. The van der Waals surface area contributed by atoms with Crippen molar-refractivity contribution in [1.29, 1.82) is 0 Å². The van der Waals surface area contributed by atoms with E-state index in [4.69, 9.17) is 5.73 Å². The van der Waals surface area contributed by atoms with Crippen molar-refractivity contribution in [2.75, 3.05) is 6.54 Å². The molecule has 0 saturated heterocycles. The summed E-state index contributed by atoms with van der Waals surface area (Å²) in [5.41, 5.74) is 7.16. The summed E-state index contributed by atoms with van der Waals surface area (Å²) in [5, 5.41) is 0. The van der Waals surface area contributed by atoms with E-state index in [2.05, 4.69) is 56.3 Å². The molecule has 0 aliphatic heterocycles. The second-order valence-corrected chi connectivity index (χ2v) is 6.04. The first-order valence-electron chi connectivity index (χ1n) is 5.99. The molecule has 0 spiro atoms. The molecule has 1 aromatic heterocycles. The first-order valence-corrected chi connectivity index (χ1v) is 6.81. The summed E-state index contributed by atoms with van der Waals surface area (Å²) in [6.07, 6.45) is 1.03. The molecule has 0 radical (unpaired) electrons. The second kappa shape index (κ2) is 5.03. The van der Waals surface area contributed by atoms with E-state index in [0.717, 1.165) is 13.0 Å². The zero-order chi connectivity index (χ0) is 12.3. The van der Waals surface area contributed by atoms with E-state index in [0.29, 0.717) is 0 Å². The number of hydrogen-bond acceptors (Lipinski definition) is 2. The summed E-state index contributed by atoms with van der Waals surface area (Å²) in [5.74, 6) is 0. The second-order valence-electron chi connectivity index (χ2n) is 4.95. The lowest BCUT2D eigenvalue weighted by atomic mass is 9.88. The summed E-state index contributed by atoms with van der Waals surface area (Å²) in [6, 6.07) is 15.0. The first kappa shape index (κ1) is 12.3.